The van der Waals surface area contributed by atoms with Gasteiger partial charge in [-0.15, -0.1) is 0 Å². The van der Waals surface area contributed by atoms with Crippen LogP contribution < -0.4 is 15.0 Å². The molecule has 2 aliphatic heterocycles. The molecule has 8 heteroatoms. The number of nitriles is 1. The number of piperidine rings is 1. The number of nitrogens with zero attached hydrogens (tertiary/aromatic N) is 4. The van der Waals surface area contributed by atoms with E-state index in [-0.39, 0.29) is 23.8 Å². The number of pyridine rings is 1. The van der Waals surface area contributed by atoms with Gasteiger partial charge in [0.15, 0.2) is 0 Å². The summed E-state index contributed by atoms with van der Waals surface area (Å²) >= 11 is 6.16. The first-order valence-corrected chi connectivity index (χ1v) is 14.0. The molecule has 0 radical (unpaired) electrons. The summed E-state index contributed by atoms with van der Waals surface area (Å²) in [6.45, 7) is 5.64. The molecule has 39 heavy (non-hydrogen) atoms. The minimum atomic E-state index is -0.282. The van der Waals surface area contributed by atoms with Gasteiger partial charge in [0.1, 0.15) is 11.8 Å². The van der Waals surface area contributed by atoms with Crippen molar-refractivity contribution in [2.45, 2.75) is 31.7 Å². The van der Waals surface area contributed by atoms with Gasteiger partial charge in [-0.3, -0.25) is 9.78 Å². The molecule has 3 heterocycles. The lowest BCUT2D eigenvalue weighted by Gasteiger charge is -2.40. The smallest absolute Gasteiger partial charge is 0.225 e. The largest absolute Gasteiger partial charge is 0.493 e. The number of likely N-dealkylation sites (tertiary alicyclic amines) is 1. The van der Waals surface area contributed by atoms with Crippen molar-refractivity contribution >= 4 is 23.2 Å². The summed E-state index contributed by atoms with van der Waals surface area (Å²) < 4.78 is 5.80. The first-order chi connectivity index (χ1) is 19.0. The van der Waals surface area contributed by atoms with Gasteiger partial charge in [0, 0.05) is 48.4 Å². The molecule has 202 valence electrons. The average Bonchev–Trinajstić information content (AvgIpc) is 3.37. The number of anilines is 1. The van der Waals surface area contributed by atoms with Gasteiger partial charge in [0.2, 0.25) is 5.91 Å². The van der Waals surface area contributed by atoms with Gasteiger partial charge in [-0.05, 0) is 75.3 Å². The Morgan fingerprint density at radius 1 is 1.15 bits per heavy atom. The zero-order valence-corrected chi connectivity index (χ0v) is 23.2. The van der Waals surface area contributed by atoms with Gasteiger partial charge in [-0.2, -0.15) is 5.26 Å². The number of amides is 1. The fraction of sp³-hybridized carbons (Fsp3) is 0.387. The number of carbonyl (C=O) groups is 1. The van der Waals surface area contributed by atoms with Crippen LogP contribution in [0.25, 0.3) is 11.3 Å². The topological polar surface area (TPSA) is 81.5 Å². The summed E-state index contributed by atoms with van der Waals surface area (Å²) in [7, 11) is 2.08. The van der Waals surface area contributed by atoms with E-state index in [2.05, 4.69) is 34.3 Å². The van der Waals surface area contributed by atoms with Crippen LogP contribution in [0.3, 0.4) is 0 Å². The lowest BCUT2D eigenvalue weighted by Crippen LogP contribution is -2.49. The summed E-state index contributed by atoms with van der Waals surface area (Å²) in [6.07, 6.45) is 3.63. The minimum absolute atomic E-state index is 0.0157. The van der Waals surface area contributed by atoms with E-state index in [1.807, 2.05) is 49.5 Å². The molecule has 0 bridgehead atoms. The highest BCUT2D eigenvalue weighted by molar-refractivity contribution is 6.30. The molecule has 1 amide bonds. The lowest BCUT2D eigenvalue weighted by atomic mass is 9.80. The second-order valence-corrected chi connectivity index (χ2v) is 10.8. The van der Waals surface area contributed by atoms with Gasteiger partial charge in [-0.25, -0.2) is 0 Å². The first kappa shape index (κ1) is 27.0. The van der Waals surface area contributed by atoms with Crippen LogP contribution in [0.5, 0.6) is 5.75 Å². The predicted molar refractivity (Wildman–Crippen MR) is 154 cm³/mol. The number of benzene rings is 2. The van der Waals surface area contributed by atoms with Crippen LogP contribution >= 0.6 is 11.6 Å². The molecule has 3 aromatic rings. The summed E-state index contributed by atoms with van der Waals surface area (Å²) in [5, 5.41) is 13.6. The van der Waals surface area contributed by atoms with Crippen LogP contribution in [0.15, 0.2) is 60.8 Å². The van der Waals surface area contributed by atoms with Gasteiger partial charge < -0.3 is 19.9 Å². The number of hydrogen-bond donors (Lipinski definition) is 1. The average molecular weight is 544 g/mol. The van der Waals surface area contributed by atoms with E-state index in [0.717, 1.165) is 60.7 Å². The number of hydrogen-bond acceptors (Lipinski definition) is 6. The predicted octanol–water partition coefficient (Wildman–Crippen LogP) is 5.10. The second kappa shape index (κ2) is 12.1. The first-order valence-electron chi connectivity index (χ1n) is 13.6. The van der Waals surface area contributed by atoms with Crippen LogP contribution in [0.1, 0.15) is 36.8 Å². The van der Waals surface area contributed by atoms with Gasteiger partial charge >= 0.3 is 0 Å². The Morgan fingerprint density at radius 3 is 2.72 bits per heavy atom. The lowest BCUT2D eigenvalue weighted by molar-refractivity contribution is -0.126. The maximum atomic E-state index is 13.8. The van der Waals surface area contributed by atoms with Crippen molar-refractivity contribution in [3.8, 4) is 23.1 Å². The summed E-state index contributed by atoms with van der Waals surface area (Å²) in [4.78, 5) is 22.9. The molecular formula is C31H34ClN5O2. The Labute approximate surface area is 235 Å². The Kier molecular flexibility index (Phi) is 8.35. The van der Waals surface area contributed by atoms with E-state index in [0.29, 0.717) is 23.7 Å². The van der Waals surface area contributed by atoms with Crippen LogP contribution in [0.4, 0.5) is 5.69 Å². The number of ether oxygens (including phenoxy) is 1. The third-order valence-electron chi connectivity index (χ3n) is 7.78. The van der Waals surface area contributed by atoms with Crippen molar-refractivity contribution in [1.82, 2.24) is 15.2 Å². The van der Waals surface area contributed by atoms with Crippen molar-refractivity contribution in [3.63, 3.8) is 0 Å². The molecule has 2 fully saturated rings. The number of likely N-dealkylation sites (N-methyl/N-ethyl adjacent to an activating group) is 1. The van der Waals surface area contributed by atoms with Crippen molar-refractivity contribution in [2.24, 2.45) is 5.92 Å². The van der Waals surface area contributed by atoms with Crippen molar-refractivity contribution in [2.75, 3.05) is 44.7 Å². The highest BCUT2D eigenvalue weighted by atomic mass is 35.5. The molecule has 1 N–H and O–H groups in total. The molecule has 0 spiro atoms. The highest BCUT2D eigenvalue weighted by Crippen LogP contribution is 2.38. The molecule has 0 saturated carbocycles. The number of rotatable bonds is 7. The zero-order chi connectivity index (χ0) is 27.4. The summed E-state index contributed by atoms with van der Waals surface area (Å²) in [5.74, 6) is 0.601. The SMILES string of the molecule is CCOc1ccccc1-c1ccc(C2CCN(c3ccc(Cl)cc3C#N)CC2C(=O)N[C@H]2CCN(C)C2)cn1. The van der Waals surface area contributed by atoms with E-state index >= 15 is 0 Å². The fourth-order valence-corrected chi connectivity index (χ4v) is 5.99. The maximum Gasteiger partial charge on any atom is 0.225 e. The Balaban J connectivity index is 1.42. The van der Waals surface area contributed by atoms with Crippen LogP contribution in [0, 0.1) is 17.2 Å². The summed E-state index contributed by atoms with van der Waals surface area (Å²) in [6, 6.07) is 19.8. The summed E-state index contributed by atoms with van der Waals surface area (Å²) in [5.41, 5.74) is 4.19. The monoisotopic (exact) mass is 543 g/mol. The van der Waals surface area contributed by atoms with Crippen molar-refractivity contribution in [3.05, 3.63) is 76.9 Å². The number of carbonyl (C=O) groups excluding carboxylic acids is 1. The normalized spacial score (nSPS) is 21.4. The molecular weight excluding hydrogens is 510 g/mol. The van der Waals surface area contributed by atoms with E-state index in [4.69, 9.17) is 21.3 Å². The number of nitrogens with one attached hydrogen (secondary N) is 1. The Bertz CT molecular complexity index is 1360. The van der Waals surface area contributed by atoms with E-state index in [1.54, 1.807) is 12.1 Å². The highest BCUT2D eigenvalue weighted by Gasteiger charge is 2.37. The van der Waals surface area contributed by atoms with Gasteiger partial charge in [0.05, 0.1) is 29.5 Å². The number of halogens is 1. The molecule has 3 atom stereocenters. The van der Waals surface area contributed by atoms with Crippen molar-refractivity contribution in [1.29, 1.82) is 5.26 Å². The molecule has 5 rings (SSSR count). The van der Waals surface area contributed by atoms with Crippen LogP contribution in [-0.4, -0.2) is 61.7 Å². The minimum Gasteiger partial charge on any atom is -0.493 e. The molecule has 2 aromatic carbocycles. The second-order valence-electron chi connectivity index (χ2n) is 10.4. The van der Waals surface area contributed by atoms with E-state index < -0.39 is 0 Å². The van der Waals surface area contributed by atoms with Gasteiger partial charge in [0.25, 0.3) is 0 Å². The Morgan fingerprint density at radius 2 is 2.00 bits per heavy atom. The van der Waals surface area contributed by atoms with E-state index in [9.17, 15) is 10.1 Å². The maximum absolute atomic E-state index is 13.8. The molecule has 2 saturated heterocycles. The molecule has 2 unspecified atom stereocenters. The molecule has 2 aliphatic rings. The Hall–Kier alpha value is -3.60. The number of para-hydroxylation sites is 1. The molecule has 7 nitrogen and oxygen atoms in total. The fourth-order valence-electron chi connectivity index (χ4n) is 5.81. The molecule has 1 aromatic heterocycles. The van der Waals surface area contributed by atoms with Crippen molar-refractivity contribution < 1.29 is 9.53 Å². The third-order valence-corrected chi connectivity index (χ3v) is 8.02. The quantitative estimate of drug-likeness (QED) is 0.446. The zero-order valence-electron chi connectivity index (χ0n) is 22.4. The van der Waals surface area contributed by atoms with Gasteiger partial charge in [-0.1, -0.05) is 29.8 Å². The standard InChI is InChI=1S/C31H34ClN5O2/c1-3-39-30-7-5-4-6-26(30)28-10-8-21(18-34-28)25-13-15-37(29-11-9-23(32)16-22(29)17-33)20-27(25)31(38)35-24-12-14-36(2)19-24/h4-11,16,18,24-25,27H,3,12-15,19-20H2,1-2H3,(H,35,38)/t24-,25?,27?/m0/s1. The molecule has 0 aliphatic carbocycles. The number of aromatic nitrogens is 1. The van der Waals surface area contributed by atoms with E-state index in [1.165, 1.54) is 0 Å². The van der Waals surface area contributed by atoms with Crippen LogP contribution in [-0.2, 0) is 4.79 Å². The van der Waals surface area contributed by atoms with Crippen LogP contribution in [0.2, 0.25) is 5.02 Å². The third kappa shape index (κ3) is 6.03.